The van der Waals surface area contributed by atoms with Crippen LogP contribution < -0.4 is 16.0 Å². The number of carbonyl (C=O) groups excluding carboxylic acids is 5. The number of hydrogen-bond donors (Lipinski definition) is 12. The lowest BCUT2D eigenvalue weighted by atomic mass is 9.97. The van der Waals surface area contributed by atoms with Gasteiger partial charge in [-0.3, -0.25) is 24.0 Å². The second kappa shape index (κ2) is 44.4. The van der Waals surface area contributed by atoms with Crippen molar-refractivity contribution < 1.29 is 146 Å². The molecule has 568 valence electrons. The normalized spacial score (nSPS) is 30.1. The van der Waals surface area contributed by atoms with Crippen molar-refractivity contribution in [2.45, 2.75) is 176 Å². The Balaban J connectivity index is 0.000000357. The van der Waals surface area contributed by atoms with Gasteiger partial charge in [0.25, 0.3) is 23.6 Å². The summed E-state index contributed by atoms with van der Waals surface area (Å²) in [4.78, 5) is 65.4. The van der Waals surface area contributed by atoms with Crippen LogP contribution in [0.25, 0.3) is 0 Å². The van der Waals surface area contributed by atoms with E-state index < -0.39 is 146 Å². The molecule has 4 amide bonds. The molecule has 2 aromatic heterocycles. The number of unbranched alkanes of at least 4 members (excludes halogenated alkanes) is 1. The van der Waals surface area contributed by atoms with Crippen LogP contribution in [0.2, 0.25) is 0 Å². The molecular weight excluding hydrogens is 1330 g/mol. The van der Waals surface area contributed by atoms with Gasteiger partial charge in [-0.2, -0.15) is 0 Å². The lowest BCUT2D eigenvalue weighted by molar-refractivity contribution is -0.305. The van der Waals surface area contributed by atoms with Gasteiger partial charge >= 0.3 is 0 Å². The molecule has 6 rings (SSSR count). The molecule has 4 fully saturated rings. The highest BCUT2D eigenvalue weighted by Crippen LogP contribution is 2.30. The van der Waals surface area contributed by atoms with Gasteiger partial charge in [0, 0.05) is 81.8 Å². The summed E-state index contributed by atoms with van der Waals surface area (Å²) in [5, 5.41) is 118. The number of aliphatic hydroxyl groups is 9. The Morgan fingerprint density at radius 1 is 0.505 bits per heavy atom. The van der Waals surface area contributed by atoms with Crippen LogP contribution in [-0.4, -0.2) is 381 Å². The number of rotatable bonds is 42. The average Bonchev–Trinajstić information content (AvgIpc) is 1.38. The molecule has 6 heterocycles. The van der Waals surface area contributed by atoms with Gasteiger partial charge in [-0.05, 0) is 33.6 Å². The Bertz CT molecular complexity index is 2670. The molecule has 0 bridgehead atoms. The number of aryl methyl sites for hydroxylation is 1. The molecule has 0 radical (unpaired) electrons. The van der Waals surface area contributed by atoms with Crippen LogP contribution >= 0.6 is 0 Å². The van der Waals surface area contributed by atoms with Crippen LogP contribution in [-0.2, 0) is 108 Å². The van der Waals surface area contributed by atoms with Crippen molar-refractivity contribution in [1.29, 1.82) is 0 Å². The third-order valence-corrected chi connectivity index (χ3v) is 16.2. The predicted molar refractivity (Wildman–Crippen MR) is 331 cm³/mol. The van der Waals surface area contributed by atoms with Crippen molar-refractivity contribution in [3.05, 3.63) is 23.3 Å². The number of aliphatic hydroxyl groups excluding tert-OH is 9. The minimum absolute atomic E-state index is 0.0164. The van der Waals surface area contributed by atoms with Crippen LogP contribution in [0, 0.1) is 13.8 Å². The van der Waals surface area contributed by atoms with Gasteiger partial charge in [0.05, 0.1) is 103 Å². The van der Waals surface area contributed by atoms with E-state index in [1.54, 1.807) is 11.6 Å². The van der Waals surface area contributed by atoms with E-state index in [1.807, 2.05) is 13.8 Å². The summed E-state index contributed by atoms with van der Waals surface area (Å²) in [5.74, 6) is -2.65. The number of nitrogens with zero attached hydrogens (tertiary/aromatic N) is 7. The number of carbonyl (C=O) groups is 5. The van der Waals surface area contributed by atoms with Crippen molar-refractivity contribution in [3.63, 3.8) is 0 Å². The number of methoxy groups -OCH3 is 5. The molecule has 0 saturated carbocycles. The second-order valence-electron chi connectivity index (χ2n) is 22.8. The number of aromatic nitrogens is 6. The van der Waals surface area contributed by atoms with Crippen LogP contribution in [0.4, 0.5) is 0 Å². The van der Waals surface area contributed by atoms with E-state index in [2.05, 4.69) is 36.6 Å². The van der Waals surface area contributed by atoms with E-state index in [-0.39, 0.29) is 91.4 Å². The van der Waals surface area contributed by atoms with Crippen molar-refractivity contribution in [2.24, 2.45) is 0 Å². The molecule has 4 unspecified atom stereocenters. The first-order valence-electron chi connectivity index (χ1n) is 32.4. The summed E-state index contributed by atoms with van der Waals surface area (Å²) in [5.41, 5.74) is 2.10. The molecule has 0 aliphatic carbocycles. The van der Waals surface area contributed by atoms with Gasteiger partial charge < -0.3 is 143 Å². The van der Waals surface area contributed by atoms with E-state index in [1.165, 1.54) is 58.3 Å². The van der Waals surface area contributed by atoms with Gasteiger partial charge in [0.1, 0.15) is 78.9 Å². The van der Waals surface area contributed by atoms with E-state index >= 15 is 0 Å². The Labute approximate surface area is 571 Å². The number of hydrogen-bond acceptors (Lipinski definition) is 34. The third kappa shape index (κ3) is 24.5. The molecule has 0 aromatic carbocycles. The Hall–Kier alpha value is -5.17. The molecular formula is C59H102N10O30. The highest BCUT2D eigenvalue weighted by molar-refractivity contribution is 5.92. The second-order valence-corrected chi connectivity index (χ2v) is 22.8. The third-order valence-electron chi connectivity index (χ3n) is 16.2. The highest BCUT2D eigenvalue weighted by atomic mass is 16.7. The molecule has 40 heteroatoms. The smallest absolute Gasteiger partial charge is 0.254 e. The number of amides is 4. The van der Waals surface area contributed by atoms with E-state index in [9.17, 15) is 64.8 Å². The van der Waals surface area contributed by atoms with Gasteiger partial charge in [-0.1, -0.05) is 10.4 Å². The SMILES string of the molecule is CCN(CCCCO)C(=O)C1O[C@@H](OCCO[C@@H]2C(C(=O)NCCOCCn3nnc(C)c3C)O[C@@H](OC)[C@@H](O)[C@H]2O)[C@@H](O)[C@@H](O)[C@@H]1OC.COCCOCCNC(=O)C1O[C@@H](OCCO[C@@H]2C(C(=O)NCCOCCn3nncc3C(C)=O)O[C@@H](OC)[C@@H](O)[C@H]2O)[C@@H](O)[C@@H](O)[C@@H]1OC. The van der Waals surface area contributed by atoms with E-state index in [4.69, 9.17) is 80.9 Å². The maximum absolute atomic E-state index is 13.3. The standard InChI is InChI=1S/C30H53N5O14.C29H49N5O16/c1-6-34(10-7-8-12-36)28(42)26-23(43-4)19(37)22(40)30(49-26)47-16-15-46-24-20(38)21(39)29(44-5)48-25(24)27(41)31-9-13-45-14-11-35-18(3)17(2)32-33-35;1-16(35)17-15-32-33-34(17)7-10-45-8-5-31-27(41)25-23(19(37)20(38)28(44-4)49-25)47-13-14-48-29-21(39)18(36)22(43-3)24(50-29)26(40)30-6-9-46-12-11-42-2/h19-26,29-30,36-40H,6-16H2,1-5H3,(H,31,41);15,18-25,28-29,36-39H,5-14H2,1-4H3,(H,30,40)(H,31,41)/t19-,20-,21+,22+,23+,24+,25?,26?,29-,30-;18-,19-,20+,21+,22+,23+,24?,25?,28-,29-/m11/s1. The Morgan fingerprint density at radius 3 is 1.36 bits per heavy atom. The number of ketones is 1. The predicted octanol–water partition coefficient (Wildman–Crippen LogP) is -8.05. The molecule has 40 nitrogen and oxygen atoms in total. The topological polar surface area (TPSA) is 516 Å². The fraction of sp³-hybridized carbons (Fsp3) is 0.847. The van der Waals surface area contributed by atoms with Crippen molar-refractivity contribution in [2.75, 3.05) is 148 Å². The molecule has 2 aromatic rings. The van der Waals surface area contributed by atoms with E-state index in [0.717, 1.165) is 11.4 Å². The molecule has 0 spiro atoms. The van der Waals surface area contributed by atoms with Crippen LogP contribution in [0.1, 0.15) is 48.6 Å². The summed E-state index contributed by atoms with van der Waals surface area (Å²) in [7, 11) is 6.54. The minimum atomic E-state index is -1.62. The molecule has 20 atom stereocenters. The highest BCUT2D eigenvalue weighted by Gasteiger charge is 2.53. The monoisotopic (exact) mass is 1430 g/mol. The fourth-order valence-electron chi connectivity index (χ4n) is 10.6. The summed E-state index contributed by atoms with van der Waals surface area (Å²) >= 11 is 0. The lowest BCUT2D eigenvalue weighted by Crippen LogP contribution is -2.63. The summed E-state index contributed by atoms with van der Waals surface area (Å²) in [6.45, 7) is 9.16. The average molecular weight is 1430 g/mol. The zero-order valence-electron chi connectivity index (χ0n) is 57.2. The van der Waals surface area contributed by atoms with Gasteiger partial charge in [0.15, 0.2) is 55.4 Å². The fourth-order valence-corrected chi connectivity index (χ4v) is 10.6. The molecule has 4 aliphatic rings. The van der Waals surface area contributed by atoms with Gasteiger partial charge in [0.2, 0.25) is 0 Å². The van der Waals surface area contributed by atoms with Crippen molar-refractivity contribution in [3.8, 4) is 0 Å². The minimum Gasteiger partial charge on any atom is -0.396 e. The van der Waals surface area contributed by atoms with Gasteiger partial charge in [-0.25, -0.2) is 9.36 Å². The number of Topliss-reactive ketones (excluding diaryl/α,β-unsaturated/α-hetero) is 1. The van der Waals surface area contributed by atoms with Crippen LogP contribution in [0.5, 0.6) is 0 Å². The first kappa shape index (κ1) is 84.5. The Morgan fingerprint density at radius 2 is 0.929 bits per heavy atom. The Kier molecular flexibility index (Phi) is 37.9. The first-order chi connectivity index (χ1) is 47.5. The van der Waals surface area contributed by atoms with Crippen LogP contribution in [0.15, 0.2) is 6.20 Å². The largest absolute Gasteiger partial charge is 0.396 e. The number of ether oxygens (including phenoxy) is 16. The summed E-state index contributed by atoms with van der Waals surface area (Å²) in [6, 6.07) is 0. The summed E-state index contributed by atoms with van der Waals surface area (Å²) < 4.78 is 90.3. The zero-order chi connectivity index (χ0) is 72.7. The number of nitrogens with one attached hydrogen (secondary N) is 3. The summed E-state index contributed by atoms with van der Waals surface area (Å²) in [6.07, 6.45) is -26.4. The maximum Gasteiger partial charge on any atom is 0.254 e. The van der Waals surface area contributed by atoms with Crippen molar-refractivity contribution >= 4 is 29.4 Å². The molecule has 99 heavy (non-hydrogen) atoms. The quantitative estimate of drug-likeness (QED) is 0.0217. The first-order valence-corrected chi connectivity index (χ1v) is 32.4. The zero-order valence-corrected chi connectivity index (χ0v) is 57.2. The maximum atomic E-state index is 13.3. The lowest BCUT2D eigenvalue weighted by Gasteiger charge is -2.42. The van der Waals surface area contributed by atoms with Crippen LogP contribution in [0.3, 0.4) is 0 Å². The number of likely N-dealkylation sites (N-methyl/N-ethyl adjacent to an activating group) is 1. The molecule has 4 aliphatic heterocycles. The van der Waals surface area contributed by atoms with Gasteiger partial charge in [-0.15, -0.1) is 10.2 Å². The van der Waals surface area contributed by atoms with E-state index in [0.29, 0.717) is 58.0 Å². The van der Waals surface area contributed by atoms with Crippen molar-refractivity contribution in [1.82, 2.24) is 50.8 Å². The molecule has 4 saturated heterocycles. The molecule has 12 N–H and O–H groups in total.